The third kappa shape index (κ3) is 4.58. The van der Waals surface area contributed by atoms with E-state index in [4.69, 9.17) is 16.1 Å². The molecule has 1 amide bonds. The van der Waals surface area contributed by atoms with Crippen molar-refractivity contribution in [3.8, 4) is 11.4 Å². The van der Waals surface area contributed by atoms with Crippen molar-refractivity contribution in [3.05, 3.63) is 65.5 Å². The van der Waals surface area contributed by atoms with Crippen LogP contribution in [0.4, 0.5) is 5.69 Å². The van der Waals surface area contributed by atoms with Gasteiger partial charge in [0.15, 0.2) is 0 Å². The molecule has 6 nitrogen and oxygen atoms in total. The lowest BCUT2D eigenvalue weighted by Gasteiger charge is -2.30. The number of hydrogen-bond acceptors (Lipinski definition) is 5. The number of piperidine rings is 1. The number of carbonyl (C=O) groups excluding carboxylic acids is 1. The normalized spacial score (nSPS) is 15.5. The lowest BCUT2D eigenvalue weighted by atomic mass is 9.96. The number of nitrogens with one attached hydrogen (secondary N) is 1. The van der Waals surface area contributed by atoms with E-state index < -0.39 is 0 Å². The highest BCUT2D eigenvalue weighted by Crippen LogP contribution is 2.22. The smallest absolute Gasteiger partial charge is 0.241 e. The van der Waals surface area contributed by atoms with Gasteiger partial charge in [0.05, 0.1) is 6.54 Å². The van der Waals surface area contributed by atoms with Crippen molar-refractivity contribution in [3.63, 3.8) is 0 Å². The maximum atomic E-state index is 12.5. The molecule has 0 saturated carbocycles. The third-order valence-electron chi connectivity index (χ3n) is 4.91. The molecule has 0 aliphatic carbocycles. The Bertz CT molecular complexity index is 936. The Morgan fingerprint density at radius 3 is 2.68 bits per heavy atom. The van der Waals surface area contributed by atoms with Gasteiger partial charge in [-0.3, -0.25) is 9.69 Å². The molecule has 4 rings (SSSR count). The zero-order valence-corrected chi connectivity index (χ0v) is 16.1. The summed E-state index contributed by atoms with van der Waals surface area (Å²) in [5.74, 6) is 1.25. The molecule has 0 spiro atoms. The van der Waals surface area contributed by atoms with Crippen molar-refractivity contribution >= 4 is 23.2 Å². The van der Waals surface area contributed by atoms with E-state index in [-0.39, 0.29) is 11.8 Å². The highest BCUT2D eigenvalue weighted by Gasteiger charge is 2.26. The Balaban J connectivity index is 1.28. The van der Waals surface area contributed by atoms with Crippen molar-refractivity contribution in [1.29, 1.82) is 0 Å². The Labute approximate surface area is 168 Å². The van der Waals surface area contributed by atoms with Crippen LogP contribution in [0.15, 0.2) is 59.1 Å². The van der Waals surface area contributed by atoms with Crippen molar-refractivity contribution < 1.29 is 9.32 Å². The lowest BCUT2D eigenvalue weighted by molar-refractivity contribution is -0.121. The molecule has 0 atom stereocenters. The molecular weight excluding hydrogens is 376 g/mol. The molecule has 0 radical (unpaired) electrons. The quantitative estimate of drug-likeness (QED) is 0.698. The molecule has 0 unspecified atom stereocenters. The van der Waals surface area contributed by atoms with Crippen LogP contribution in [0, 0.1) is 5.92 Å². The molecule has 2 heterocycles. The number of halogens is 1. The summed E-state index contributed by atoms with van der Waals surface area (Å²) < 4.78 is 5.39. The van der Waals surface area contributed by atoms with E-state index in [2.05, 4.69) is 20.4 Å². The fourth-order valence-corrected chi connectivity index (χ4v) is 3.57. The van der Waals surface area contributed by atoms with Gasteiger partial charge in [0, 0.05) is 22.2 Å². The van der Waals surface area contributed by atoms with E-state index in [0.29, 0.717) is 23.3 Å². The van der Waals surface area contributed by atoms with Crippen molar-refractivity contribution in [2.24, 2.45) is 5.92 Å². The maximum absolute atomic E-state index is 12.5. The monoisotopic (exact) mass is 396 g/mol. The molecule has 2 aromatic carbocycles. The number of nitrogens with zero attached hydrogens (tertiary/aromatic N) is 3. The number of aromatic nitrogens is 2. The SMILES string of the molecule is O=C(Nc1cccc(Cl)c1)C1CCN(Cc2nc(-c3ccccc3)no2)CC1. The van der Waals surface area contributed by atoms with Gasteiger partial charge in [-0.05, 0) is 44.1 Å². The summed E-state index contributed by atoms with van der Waals surface area (Å²) in [4.78, 5) is 19.2. The van der Waals surface area contributed by atoms with Crippen LogP contribution >= 0.6 is 11.6 Å². The molecule has 28 heavy (non-hydrogen) atoms. The fraction of sp³-hybridized carbons (Fsp3) is 0.286. The predicted octanol–water partition coefficient (Wildman–Crippen LogP) is 4.24. The first-order valence-electron chi connectivity index (χ1n) is 9.34. The fourth-order valence-electron chi connectivity index (χ4n) is 3.38. The molecule has 1 fully saturated rings. The first-order valence-corrected chi connectivity index (χ1v) is 9.72. The highest BCUT2D eigenvalue weighted by molar-refractivity contribution is 6.30. The second-order valence-electron chi connectivity index (χ2n) is 6.93. The standard InChI is InChI=1S/C21H21ClN4O2/c22-17-7-4-8-18(13-17)23-21(27)16-9-11-26(12-10-16)14-19-24-20(25-28-19)15-5-2-1-3-6-15/h1-8,13,16H,9-12,14H2,(H,23,27). The van der Waals surface area contributed by atoms with Crippen LogP contribution in [0.25, 0.3) is 11.4 Å². The second kappa shape index (κ2) is 8.54. The van der Waals surface area contributed by atoms with Crippen LogP contribution in [0.5, 0.6) is 0 Å². The molecule has 1 N–H and O–H groups in total. The average Bonchev–Trinajstić information content (AvgIpc) is 3.18. The number of amides is 1. The second-order valence-corrected chi connectivity index (χ2v) is 7.36. The van der Waals surface area contributed by atoms with E-state index in [1.807, 2.05) is 42.5 Å². The topological polar surface area (TPSA) is 71.3 Å². The first kappa shape index (κ1) is 18.7. The summed E-state index contributed by atoms with van der Waals surface area (Å²) in [6, 6.07) is 17.0. The highest BCUT2D eigenvalue weighted by atomic mass is 35.5. The van der Waals surface area contributed by atoms with Gasteiger partial charge in [0.1, 0.15) is 0 Å². The van der Waals surface area contributed by atoms with E-state index in [1.54, 1.807) is 12.1 Å². The molecule has 144 valence electrons. The van der Waals surface area contributed by atoms with Crippen LogP contribution in [0.3, 0.4) is 0 Å². The summed E-state index contributed by atoms with van der Waals surface area (Å²) in [7, 11) is 0. The number of benzene rings is 2. The minimum absolute atomic E-state index is 0.00204. The van der Waals surface area contributed by atoms with Gasteiger partial charge in [0.2, 0.25) is 17.6 Å². The molecule has 1 saturated heterocycles. The zero-order valence-electron chi connectivity index (χ0n) is 15.3. The predicted molar refractivity (Wildman–Crippen MR) is 108 cm³/mol. The van der Waals surface area contributed by atoms with Gasteiger partial charge in [-0.1, -0.05) is 53.2 Å². The van der Waals surface area contributed by atoms with Crippen molar-refractivity contribution in [2.75, 3.05) is 18.4 Å². The largest absolute Gasteiger partial charge is 0.338 e. The van der Waals surface area contributed by atoms with Crippen LogP contribution in [-0.4, -0.2) is 34.0 Å². The molecule has 1 aromatic heterocycles. The molecular formula is C21H21ClN4O2. The summed E-state index contributed by atoms with van der Waals surface area (Å²) >= 11 is 5.97. The van der Waals surface area contributed by atoms with Crippen LogP contribution in [0.2, 0.25) is 5.02 Å². The van der Waals surface area contributed by atoms with Crippen LogP contribution in [0.1, 0.15) is 18.7 Å². The number of hydrogen-bond donors (Lipinski definition) is 1. The Hall–Kier alpha value is -2.70. The Kier molecular flexibility index (Phi) is 5.69. The van der Waals surface area contributed by atoms with Crippen molar-refractivity contribution in [2.45, 2.75) is 19.4 Å². The van der Waals surface area contributed by atoms with Gasteiger partial charge in [-0.25, -0.2) is 0 Å². The van der Waals surface area contributed by atoms with Gasteiger partial charge >= 0.3 is 0 Å². The lowest BCUT2D eigenvalue weighted by Crippen LogP contribution is -2.37. The summed E-state index contributed by atoms with van der Waals surface area (Å²) in [5, 5.41) is 7.63. The van der Waals surface area contributed by atoms with Crippen LogP contribution < -0.4 is 5.32 Å². The zero-order chi connectivity index (χ0) is 19.3. The summed E-state index contributed by atoms with van der Waals surface area (Å²) in [6.07, 6.45) is 1.60. The van der Waals surface area contributed by atoms with Crippen molar-refractivity contribution in [1.82, 2.24) is 15.0 Å². The van der Waals surface area contributed by atoms with Crippen LogP contribution in [-0.2, 0) is 11.3 Å². The number of likely N-dealkylation sites (tertiary alicyclic amines) is 1. The molecule has 1 aliphatic heterocycles. The summed E-state index contributed by atoms with van der Waals surface area (Å²) in [6.45, 7) is 2.23. The Morgan fingerprint density at radius 1 is 1.14 bits per heavy atom. The van der Waals surface area contributed by atoms with Gasteiger partial charge < -0.3 is 9.84 Å². The minimum atomic E-state index is -0.00204. The average molecular weight is 397 g/mol. The number of rotatable bonds is 5. The first-order chi connectivity index (χ1) is 13.7. The maximum Gasteiger partial charge on any atom is 0.241 e. The molecule has 7 heteroatoms. The third-order valence-corrected chi connectivity index (χ3v) is 5.14. The van der Waals surface area contributed by atoms with E-state index in [1.165, 1.54) is 0 Å². The Morgan fingerprint density at radius 2 is 1.93 bits per heavy atom. The number of carbonyl (C=O) groups is 1. The van der Waals surface area contributed by atoms with Gasteiger partial charge in [0.25, 0.3) is 0 Å². The van der Waals surface area contributed by atoms with Gasteiger partial charge in [-0.2, -0.15) is 4.98 Å². The summed E-state index contributed by atoms with van der Waals surface area (Å²) in [5.41, 5.74) is 1.67. The minimum Gasteiger partial charge on any atom is -0.338 e. The molecule has 3 aromatic rings. The number of anilines is 1. The van der Waals surface area contributed by atoms with Gasteiger partial charge in [-0.15, -0.1) is 0 Å². The molecule has 1 aliphatic rings. The van der Waals surface area contributed by atoms with E-state index in [0.717, 1.165) is 37.2 Å². The van der Waals surface area contributed by atoms with E-state index in [9.17, 15) is 4.79 Å². The molecule has 0 bridgehead atoms. The van der Waals surface area contributed by atoms with E-state index >= 15 is 0 Å².